The maximum absolute atomic E-state index is 12.6. The number of benzene rings is 2. The Balaban J connectivity index is 1.66. The Morgan fingerprint density at radius 3 is 2.82 bits per heavy atom. The highest BCUT2D eigenvalue weighted by Gasteiger charge is 2.11. The zero-order valence-electron chi connectivity index (χ0n) is 16.1. The van der Waals surface area contributed by atoms with E-state index in [2.05, 4.69) is 27.1 Å². The number of anilines is 1. The molecule has 0 radical (unpaired) electrons. The van der Waals surface area contributed by atoms with Crippen LogP contribution in [0.15, 0.2) is 48.5 Å². The molecule has 0 atom stereocenters. The number of amides is 1. The normalized spacial score (nSPS) is 10.9. The molecule has 3 rings (SSSR count). The lowest BCUT2D eigenvalue weighted by Gasteiger charge is -2.11. The Kier molecular flexibility index (Phi) is 6.65. The topological polar surface area (TPSA) is 81.9 Å². The fourth-order valence-electron chi connectivity index (χ4n) is 2.69. The van der Waals surface area contributed by atoms with Gasteiger partial charge in [0.15, 0.2) is 5.82 Å². The summed E-state index contributed by atoms with van der Waals surface area (Å²) in [5, 5.41) is 14.6. The highest BCUT2D eigenvalue weighted by molar-refractivity contribution is 7.97. The second-order valence-electron chi connectivity index (χ2n) is 6.54. The van der Waals surface area contributed by atoms with E-state index in [0.29, 0.717) is 17.1 Å². The molecule has 28 heavy (non-hydrogen) atoms. The smallest absolute Gasteiger partial charge is 0.255 e. The van der Waals surface area contributed by atoms with Crippen molar-refractivity contribution in [3.63, 3.8) is 0 Å². The van der Waals surface area contributed by atoms with Gasteiger partial charge in [-0.1, -0.05) is 18.2 Å². The average molecular weight is 398 g/mol. The van der Waals surface area contributed by atoms with E-state index in [1.54, 1.807) is 40.7 Å². The molecule has 0 saturated heterocycles. The molecule has 0 saturated carbocycles. The molecule has 3 aromatic rings. The van der Waals surface area contributed by atoms with Crippen LogP contribution in [-0.4, -0.2) is 32.4 Å². The van der Waals surface area contributed by atoms with E-state index in [1.807, 2.05) is 38.1 Å². The SMILES string of the molecule is CSCc1cccc(NC(=O)c2cccc(OCc3nnnn3C(C)C)c2)c1. The van der Waals surface area contributed by atoms with E-state index in [4.69, 9.17) is 4.74 Å². The van der Waals surface area contributed by atoms with Gasteiger partial charge in [0.25, 0.3) is 5.91 Å². The third-order valence-electron chi connectivity index (χ3n) is 4.01. The van der Waals surface area contributed by atoms with E-state index in [-0.39, 0.29) is 18.6 Å². The summed E-state index contributed by atoms with van der Waals surface area (Å²) in [4.78, 5) is 12.6. The molecule has 0 unspecified atom stereocenters. The van der Waals surface area contributed by atoms with E-state index >= 15 is 0 Å². The molecule has 0 aliphatic rings. The van der Waals surface area contributed by atoms with Crippen molar-refractivity contribution in [3.05, 3.63) is 65.5 Å². The molecule has 1 aromatic heterocycles. The lowest BCUT2D eigenvalue weighted by atomic mass is 10.2. The summed E-state index contributed by atoms with van der Waals surface area (Å²) in [7, 11) is 0. The minimum atomic E-state index is -0.182. The molecule has 146 valence electrons. The van der Waals surface area contributed by atoms with Gasteiger partial charge in [-0.15, -0.1) is 5.10 Å². The van der Waals surface area contributed by atoms with Gasteiger partial charge in [0.1, 0.15) is 12.4 Å². The minimum Gasteiger partial charge on any atom is -0.486 e. The van der Waals surface area contributed by atoms with Gasteiger partial charge < -0.3 is 10.1 Å². The first-order valence-corrected chi connectivity index (χ1v) is 10.3. The Morgan fingerprint density at radius 1 is 1.21 bits per heavy atom. The highest BCUT2D eigenvalue weighted by atomic mass is 32.2. The predicted molar refractivity (Wildman–Crippen MR) is 111 cm³/mol. The van der Waals surface area contributed by atoms with Crippen LogP contribution in [0.25, 0.3) is 0 Å². The zero-order chi connectivity index (χ0) is 19.9. The third-order valence-corrected chi connectivity index (χ3v) is 4.63. The first kappa shape index (κ1) is 19.9. The Bertz CT molecular complexity index is 942. The number of carbonyl (C=O) groups excluding carboxylic acids is 1. The lowest BCUT2D eigenvalue weighted by molar-refractivity contribution is 0.102. The van der Waals surface area contributed by atoms with Crippen molar-refractivity contribution in [2.24, 2.45) is 0 Å². The van der Waals surface area contributed by atoms with Gasteiger partial charge in [0, 0.05) is 17.0 Å². The first-order valence-electron chi connectivity index (χ1n) is 8.95. The summed E-state index contributed by atoms with van der Waals surface area (Å²) in [6, 6.07) is 15.1. The van der Waals surface area contributed by atoms with Crippen molar-refractivity contribution in [3.8, 4) is 5.75 Å². The standard InChI is InChI=1S/C20H23N5O2S/c1-14(2)25-19(22-23-24-25)12-27-18-9-5-7-16(11-18)20(26)21-17-8-4-6-15(10-17)13-28-3/h4-11,14H,12-13H2,1-3H3,(H,21,26). The molecule has 1 N–H and O–H groups in total. The van der Waals surface area contributed by atoms with Crippen LogP contribution in [-0.2, 0) is 12.4 Å². The van der Waals surface area contributed by atoms with Gasteiger partial charge in [-0.2, -0.15) is 11.8 Å². The highest BCUT2D eigenvalue weighted by Crippen LogP contribution is 2.19. The van der Waals surface area contributed by atoms with Crippen LogP contribution >= 0.6 is 11.8 Å². The summed E-state index contributed by atoms with van der Waals surface area (Å²) in [5.74, 6) is 1.94. The molecule has 2 aromatic carbocycles. The number of nitrogens with one attached hydrogen (secondary N) is 1. The Hall–Kier alpha value is -2.87. The summed E-state index contributed by atoms with van der Waals surface area (Å²) in [5.41, 5.74) is 2.47. The molecule has 8 heteroatoms. The Labute approximate surface area is 168 Å². The number of ether oxygens (including phenoxy) is 1. The van der Waals surface area contributed by atoms with Crippen LogP contribution in [0.1, 0.15) is 41.6 Å². The number of tetrazole rings is 1. The lowest BCUT2D eigenvalue weighted by Crippen LogP contribution is -2.13. The van der Waals surface area contributed by atoms with Crippen LogP contribution in [0.3, 0.4) is 0 Å². The molecule has 0 bridgehead atoms. The second kappa shape index (κ2) is 9.36. The molecule has 0 spiro atoms. The predicted octanol–water partition coefficient (Wildman–Crippen LogP) is 3.95. The number of hydrogen-bond acceptors (Lipinski definition) is 6. The van der Waals surface area contributed by atoms with Gasteiger partial charge in [0.05, 0.1) is 6.04 Å². The zero-order valence-corrected chi connectivity index (χ0v) is 16.9. The van der Waals surface area contributed by atoms with E-state index in [0.717, 1.165) is 11.4 Å². The van der Waals surface area contributed by atoms with E-state index in [9.17, 15) is 4.79 Å². The van der Waals surface area contributed by atoms with Crippen LogP contribution in [0.2, 0.25) is 0 Å². The fraction of sp³-hybridized carbons (Fsp3) is 0.300. The van der Waals surface area contributed by atoms with Crippen molar-refractivity contribution >= 4 is 23.4 Å². The monoisotopic (exact) mass is 397 g/mol. The fourth-order valence-corrected chi connectivity index (χ4v) is 3.21. The quantitative estimate of drug-likeness (QED) is 0.620. The maximum atomic E-state index is 12.6. The summed E-state index contributed by atoms with van der Waals surface area (Å²) < 4.78 is 7.49. The van der Waals surface area contributed by atoms with Crippen molar-refractivity contribution in [1.82, 2.24) is 20.2 Å². The van der Waals surface area contributed by atoms with Crippen molar-refractivity contribution in [1.29, 1.82) is 0 Å². The van der Waals surface area contributed by atoms with Crippen LogP contribution < -0.4 is 10.1 Å². The minimum absolute atomic E-state index is 0.146. The van der Waals surface area contributed by atoms with Gasteiger partial charge in [-0.3, -0.25) is 4.79 Å². The molecule has 0 aliphatic heterocycles. The molecular formula is C20H23N5O2S. The van der Waals surface area contributed by atoms with E-state index < -0.39 is 0 Å². The van der Waals surface area contributed by atoms with Gasteiger partial charge in [-0.25, -0.2) is 4.68 Å². The number of rotatable bonds is 8. The molecule has 7 nitrogen and oxygen atoms in total. The number of nitrogens with zero attached hydrogens (tertiary/aromatic N) is 4. The van der Waals surface area contributed by atoms with Crippen LogP contribution in [0.4, 0.5) is 5.69 Å². The number of aromatic nitrogens is 4. The van der Waals surface area contributed by atoms with E-state index in [1.165, 1.54) is 5.56 Å². The Morgan fingerprint density at radius 2 is 2.04 bits per heavy atom. The summed E-state index contributed by atoms with van der Waals surface area (Å²) in [6.07, 6.45) is 2.05. The molecule has 0 fully saturated rings. The largest absolute Gasteiger partial charge is 0.486 e. The van der Waals surface area contributed by atoms with Crippen LogP contribution in [0, 0.1) is 0 Å². The number of carbonyl (C=O) groups is 1. The number of hydrogen-bond donors (Lipinski definition) is 1. The molecular weight excluding hydrogens is 374 g/mol. The number of thioether (sulfide) groups is 1. The molecule has 1 amide bonds. The molecule has 0 aliphatic carbocycles. The van der Waals surface area contributed by atoms with Crippen molar-refractivity contribution < 1.29 is 9.53 Å². The summed E-state index contributed by atoms with van der Waals surface area (Å²) in [6.45, 7) is 4.23. The first-order chi connectivity index (χ1) is 13.6. The van der Waals surface area contributed by atoms with Crippen molar-refractivity contribution in [2.45, 2.75) is 32.2 Å². The van der Waals surface area contributed by atoms with Gasteiger partial charge in [-0.05, 0) is 66.4 Å². The average Bonchev–Trinajstić information content (AvgIpc) is 3.16. The molecule has 1 heterocycles. The third kappa shape index (κ3) is 5.10. The maximum Gasteiger partial charge on any atom is 0.255 e. The summed E-state index contributed by atoms with van der Waals surface area (Å²) >= 11 is 1.74. The van der Waals surface area contributed by atoms with Crippen LogP contribution in [0.5, 0.6) is 5.75 Å². The van der Waals surface area contributed by atoms with Crippen molar-refractivity contribution in [2.75, 3.05) is 11.6 Å². The van der Waals surface area contributed by atoms with Gasteiger partial charge in [0.2, 0.25) is 0 Å². The van der Waals surface area contributed by atoms with Gasteiger partial charge >= 0.3 is 0 Å². The second-order valence-corrected chi connectivity index (χ2v) is 7.40.